The van der Waals surface area contributed by atoms with Gasteiger partial charge in [0, 0.05) is 31.3 Å². The number of nitrogens with zero attached hydrogens (tertiary/aromatic N) is 2. The van der Waals surface area contributed by atoms with Crippen LogP contribution in [-0.4, -0.2) is 41.4 Å². The molecule has 114 valence electrons. The van der Waals surface area contributed by atoms with Crippen molar-refractivity contribution in [3.63, 3.8) is 0 Å². The number of rotatable bonds is 7. The van der Waals surface area contributed by atoms with Crippen molar-refractivity contribution in [3.8, 4) is 0 Å². The number of carbonyl (C=O) groups excluding carboxylic acids is 1. The maximum Gasteiger partial charge on any atom is 0.270 e. The Morgan fingerprint density at radius 1 is 1.52 bits per heavy atom. The predicted molar refractivity (Wildman–Crippen MR) is 75.7 cm³/mol. The summed E-state index contributed by atoms with van der Waals surface area (Å²) in [6.07, 6.45) is 2.36. The van der Waals surface area contributed by atoms with Crippen LogP contribution < -0.4 is 5.32 Å². The van der Waals surface area contributed by atoms with Gasteiger partial charge in [0.15, 0.2) is 0 Å². The lowest BCUT2D eigenvalue weighted by Gasteiger charge is -2.19. The number of amides is 1. The van der Waals surface area contributed by atoms with E-state index in [1.54, 1.807) is 0 Å². The van der Waals surface area contributed by atoms with E-state index in [9.17, 15) is 19.3 Å². The molecule has 1 aliphatic rings. The molecule has 0 unspecified atom stereocenters. The van der Waals surface area contributed by atoms with E-state index in [4.69, 9.17) is 0 Å². The van der Waals surface area contributed by atoms with Crippen LogP contribution in [0.3, 0.4) is 0 Å². The smallest absolute Gasteiger partial charge is 0.270 e. The van der Waals surface area contributed by atoms with E-state index in [2.05, 4.69) is 17.1 Å². The zero-order valence-electron chi connectivity index (χ0n) is 11.8. The first-order valence-corrected chi connectivity index (χ1v) is 6.99. The van der Waals surface area contributed by atoms with Gasteiger partial charge in [0.25, 0.3) is 11.6 Å². The monoisotopic (exact) mass is 295 g/mol. The van der Waals surface area contributed by atoms with Crippen LogP contribution in [0.4, 0.5) is 10.1 Å². The minimum Gasteiger partial charge on any atom is -0.351 e. The Kier molecular flexibility index (Phi) is 4.85. The maximum atomic E-state index is 13.6. The number of likely N-dealkylation sites (N-methyl/N-ethyl adjacent to an activating group) is 1. The lowest BCUT2D eigenvalue weighted by molar-refractivity contribution is -0.384. The van der Waals surface area contributed by atoms with Gasteiger partial charge >= 0.3 is 0 Å². The predicted octanol–water partition coefficient (Wildman–Crippen LogP) is 1.95. The van der Waals surface area contributed by atoms with Crippen LogP contribution in [-0.2, 0) is 0 Å². The molecule has 0 atom stereocenters. The first-order chi connectivity index (χ1) is 10.0. The molecule has 0 saturated heterocycles. The number of carbonyl (C=O) groups is 1. The van der Waals surface area contributed by atoms with Crippen molar-refractivity contribution in [1.29, 1.82) is 0 Å². The average molecular weight is 295 g/mol. The van der Waals surface area contributed by atoms with E-state index in [0.717, 1.165) is 24.7 Å². The highest BCUT2D eigenvalue weighted by Gasteiger charge is 2.27. The van der Waals surface area contributed by atoms with Gasteiger partial charge in [0.05, 0.1) is 10.5 Å². The van der Waals surface area contributed by atoms with Crippen molar-refractivity contribution < 1.29 is 14.1 Å². The second-order valence-corrected chi connectivity index (χ2v) is 5.04. The third kappa shape index (κ3) is 3.98. The fraction of sp³-hybridized carbons (Fsp3) is 0.500. The van der Waals surface area contributed by atoms with Crippen LogP contribution in [0.15, 0.2) is 18.2 Å². The SMILES string of the molecule is CCN(CCNC(=O)c1cc([N+](=O)[O-])ccc1F)C1CC1. The Balaban J connectivity index is 1.93. The van der Waals surface area contributed by atoms with E-state index < -0.39 is 16.6 Å². The van der Waals surface area contributed by atoms with Crippen molar-refractivity contribution in [2.45, 2.75) is 25.8 Å². The molecule has 0 spiro atoms. The molecular formula is C14H18FN3O3. The maximum absolute atomic E-state index is 13.6. The van der Waals surface area contributed by atoms with Gasteiger partial charge in [0.1, 0.15) is 5.82 Å². The molecule has 0 bridgehead atoms. The summed E-state index contributed by atoms with van der Waals surface area (Å²) in [7, 11) is 0. The summed E-state index contributed by atoms with van der Waals surface area (Å²) in [5, 5.41) is 13.3. The van der Waals surface area contributed by atoms with Crippen LogP contribution in [0.5, 0.6) is 0 Å². The van der Waals surface area contributed by atoms with Gasteiger partial charge in [-0.2, -0.15) is 0 Å². The summed E-state index contributed by atoms with van der Waals surface area (Å²) in [5.74, 6) is -1.38. The topological polar surface area (TPSA) is 75.5 Å². The van der Waals surface area contributed by atoms with E-state index >= 15 is 0 Å². The Morgan fingerprint density at radius 2 is 2.24 bits per heavy atom. The minimum atomic E-state index is -0.757. The molecule has 7 heteroatoms. The van der Waals surface area contributed by atoms with Gasteiger partial charge in [-0.1, -0.05) is 6.92 Å². The van der Waals surface area contributed by atoms with Crippen molar-refractivity contribution >= 4 is 11.6 Å². The standard InChI is InChI=1S/C14H18FN3O3/c1-2-17(10-3-4-10)8-7-16-14(19)12-9-11(18(20)21)5-6-13(12)15/h5-6,9-10H,2-4,7-8H2,1H3,(H,16,19). The van der Waals surface area contributed by atoms with Crippen molar-refractivity contribution in [2.75, 3.05) is 19.6 Å². The van der Waals surface area contributed by atoms with Crippen molar-refractivity contribution in [3.05, 3.63) is 39.7 Å². The van der Waals surface area contributed by atoms with Gasteiger partial charge in [-0.25, -0.2) is 4.39 Å². The molecule has 21 heavy (non-hydrogen) atoms. The Bertz CT molecular complexity index is 546. The highest BCUT2D eigenvalue weighted by Crippen LogP contribution is 2.25. The number of hydrogen-bond donors (Lipinski definition) is 1. The number of nitro benzene ring substituents is 1. The van der Waals surface area contributed by atoms with Crippen molar-refractivity contribution in [2.24, 2.45) is 0 Å². The van der Waals surface area contributed by atoms with Gasteiger partial charge in [-0.15, -0.1) is 0 Å². The highest BCUT2D eigenvalue weighted by atomic mass is 19.1. The molecule has 0 heterocycles. The first kappa shape index (κ1) is 15.4. The molecule has 1 amide bonds. The van der Waals surface area contributed by atoms with E-state index in [1.165, 1.54) is 12.8 Å². The molecular weight excluding hydrogens is 277 g/mol. The summed E-state index contributed by atoms with van der Waals surface area (Å²) in [4.78, 5) is 24.2. The number of hydrogen-bond acceptors (Lipinski definition) is 4. The number of non-ortho nitro benzene ring substituents is 1. The number of benzene rings is 1. The molecule has 6 nitrogen and oxygen atoms in total. The second kappa shape index (κ2) is 6.62. The van der Waals surface area contributed by atoms with E-state index in [0.29, 0.717) is 19.1 Å². The second-order valence-electron chi connectivity index (χ2n) is 5.04. The number of nitrogens with one attached hydrogen (secondary N) is 1. The molecule has 0 aromatic heterocycles. The Hall–Kier alpha value is -2.02. The Labute approximate surface area is 122 Å². The third-order valence-corrected chi connectivity index (χ3v) is 3.56. The largest absolute Gasteiger partial charge is 0.351 e. The average Bonchev–Trinajstić information content (AvgIpc) is 3.28. The fourth-order valence-corrected chi connectivity index (χ4v) is 2.25. The zero-order chi connectivity index (χ0) is 15.4. The summed E-state index contributed by atoms with van der Waals surface area (Å²) in [5.41, 5.74) is -0.589. The van der Waals surface area contributed by atoms with Crippen LogP contribution in [0.2, 0.25) is 0 Å². The van der Waals surface area contributed by atoms with Crippen LogP contribution in [0.1, 0.15) is 30.1 Å². The Morgan fingerprint density at radius 3 is 2.81 bits per heavy atom. The van der Waals surface area contributed by atoms with Crippen molar-refractivity contribution in [1.82, 2.24) is 10.2 Å². The lowest BCUT2D eigenvalue weighted by Crippen LogP contribution is -2.36. The van der Waals surface area contributed by atoms with Gasteiger partial charge in [-0.3, -0.25) is 19.8 Å². The summed E-state index contributed by atoms with van der Waals surface area (Å²) >= 11 is 0. The van der Waals surface area contributed by atoms with E-state index in [1.807, 2.05) is 0 Å². The molecule has 1 N–H and O–H groups in total. The number of nitro groups is 1. The molecule has 1 fully saturated rings. The number of halogens is 1. The molecule has 1 saturated carbocycles. The third-order valence-electron chi connectivity index (χ3n) is 3.56. The molecule has 1 aromatic carbocycles. The summed E-state index contributed by atoms with van der Waals surface area (Å²) in [6.45, 7) is 4.06. The first-order valence-electron chi connectivity index (χ1n) is 6.99. The quantitative estimate of drug-likeness (QED) is 0.616. The molecule has 0 aliphatic heterocycles. The van der Waals surface area contributed by atoms with Gasteiger partial charge in [0.2, 0.25) is 0 Å². The van der Waals surface area contributed by atoms with Crippen LogP contribution >= 0.6 is 0 Å². The van der Waals surface area contributed by atoms with Crippen LogP contribution in [0, 0.1) is 15.9 Å². The normalized spacial score (nSPS) is 14.2. The highest BCUT2D eigenvalue weighted by molar-refractivity contribution is 5.95. The molecule has 1 aliphatic carbocycles. The minimum absolute atomic E-state index is 0.293. The van der Waals surface area contributed by atoms with E-state index in [-0.39, 0.29) is 11.3 Å². The molecule has 0 radical (unpaired) electrons. The zero-order valence-corrected chi connectivity index (χ0v) is 11.8. The lowest BCUT2D eigenvalue weighted by atomic mass is 10.1. The fourth-order valence-electron chi connectivity index (χ4n) is 2.25. The van der Waals surface area contributed by atoms with Gasteiger partial charge < -0.3 is 5.32 Å². The molecule has 2 rings (SSSR count). The summed E-state index contributed by atoms with van der Waals surface area (Å²) < 4.78 is 13.6. The summed E-state index contributed by atoms with van der Waals surface area (Å²) in [6, 6.07) is 3.54. The van der Waals surface area contributed by atoms with Gasteiger partial charge in [-0.05, 0) is 25.5 Å². The van der Waals surface area contributed by atoms with Crippen LogP contribution in [0.25, 0.3) is 0 Å². The molecule has 1 aromatic rings.